The molecule has 0 saturated carbocycles. The second-order valence-corrected chi connectivity index (χ2v) is 8.75. The summed E-state index contributed by atoms with van der Waals surface area (Å²) in [4.78, 5) is 2.58. The lowest BCUT2D eigenvalue weighted by Crippen LogP contribution is -2.52. The molecule has 0 radical (unpaired) electrons. The minimum atomic E-state index is 0.0879. The number of nitriles is 1. The summed E-state index contributed by atoms with van der Waals surface area (Å²) in [7, 11) is 0. The minimum absolute atomic E-state index is 0.0879. The molecule has 2 heteroatoms. The van der Waals surface area contributed by atoms with Crippen molar-refractivity contribution >= 4 is 11.4 Å². The van der Waals surface area contributed by atoms with E-state index in [0.717, 1.165) is 5.56 Å². The molecule has 2 aromatic carbocycles. The van der Waals surface area contributed by atoms with Gasteiger partial charge in [-0.3, -0.25) is 0 Å². The molecule has 3 aliphatic rings. The van der Waals surface area contributed by atoms with Crippen molar-refractivity contribution in [3.63, 3.8) is 0 Å². The van der Waals surface area contributed by atoms with Gasteiger partial charge < -0.3 is 4.90 Å². The highest BCUT2D eigenvalue weighted by atomic mass is 15.2. The van der Waals surface area contributed by atoms with E-state index in [1.165, 1.54) is 33.6 Å². The van der Waals surface area contributed by atoms with E-state index < -0.39 is 0 Å². The Labute approximate surface area is 161 Å². The van der Waals surface area contributed by atoms with Crippen LogP contribution in [-0.4, -0.2) is 6.04 Å². The molecular weight excluding hydrogens is 328 g/mol. The first-order chi connectivity index (χ1) is 12.9. The van der Waals surface area contributed by atoms with Gasteiger partial charge in [-0.05, 0) is 54.3 Å². The molecule has 0 amide bonds. The molecular formula is C25H24N2. The molecule has 2 aliphatic carbocycles. The first kappa shape index (κ1) is 16.4. The molecule has 0 spiro atoms. The molecule has 2 unspecified atom stereocenters. The van der Waals surface area contributed by atoms with Crippen LogP contribution >= 0.6 is 0 Å². The van der Waals surface area contributed by atoms with Crippen LogP contribution in [-0.2, 0) is 5.41 Å². The topological polar surface area (TPSA) is 27.0 Å². The van der Waals surface area contributed by atoms with E-state index in [1.807, 2.05) is 12.1 Å². The average molecular weight is 352 g/mol. The standard InChI is InChI=1S/C25H24N2/c1-15-11-17(14-26)12-16(2)23(15)27-22-8-6-5-7-20(22)25(3,4)21-10-9-18-13-19(18)24(21)27/h5-13,19,21,24H,1-4H3/t19-,21?,24?/m1/s1. The molecule has 0 fully saturated rings. The van der Waals surface area contributed by atoms with Gasteiger partial charge in [-0.25, -0.2) is 0 Å². The highest BCUT2D eigenvalue weighted by Gasteiger charge is 2.52. The van der Waals surface area contributed by atoms with Crippen LogP contribution in [0.2, 0.25) is 0 Å². The Kier molecular flexibility index (Phi) is 3.25. The number of benzene rings is 2. The lowest BCUT2D eigenvalue weighted by Gasteiger charge is -2.53. The second kappa shape index (κ2) is 5.36. The van der Waals surface area contributed by atoms with E-state index in [4.69, 9.17) is 0 Å². The zero-order chi connectivity index (χ0) is 18.9. The molecule has 5 rings (SSSR count). The maximum absolute atomic E-state index is 9.37. The molecule has 0 aromatic heterocycles. The molecule has 0 N–H and O–H groups in total. The quantitative estimate of drug-likeness (QED) is 0.657. The lowest BCUT2D eigenvalue weighted by atomic mass is 9.63. The summed E-state index contributed by atoms with van der Waals surface area (Å²) in [5.74, 6) is 0.983. The highest BCUT2D eigenvalue weighted by Crippen LogP contribution is 2.57. The van der Waals surface area contributed by atoms with Crippen LogP contribution in [0.25, 0.3) is 0 Å². The van der Waals surface area contributed by atoms with Gasteiger partial charge in [0.15, 0.2) is 0 Å². The molecule has 3 atom stereocenters. The summed E-state index contributed by atoms with van der Waals surface area (Å²) >= 11 is 0. The van der Waals surface area contributed by atoms with E-state index >= 15 is 0 Å². The number of hydrogen-bond donors (Lipinski definition) is 0. The first-order valence-electron chi connectivity index (χ1n) is 9.73. The Balaban J connectivity index is 1.79. The van der Waals surface area contributed by atoms with Crippen molar-refractivity contribution in [3.8, 4) is 6.07 Å². The van der Waals surface area contributed by atoms with E-state index in [2.05, 4.69) is 81.2 Å². The van der Waals surface area contributed by atoms with Crippen molar-refractivity contribution in [2.45, 2.75) is 39.2 Å². The van der Waals surface area contributed by atoms with Crippen LogP contribution in [0.1, 0.15) is 36.1 Å². The van der Waals surface area contributed by atoms with Gasteiger partial charge in [-0.2, -0.15) is 5.26 Å². The van der Waals surface area contributed by atoms with Gasteiger partial charge in [0.05, 0.1) is 17.7 Å². The number of fused-ring (bicyclic) bond motifs is 4. The van der Waals surface area contributed by atoms with Crippen molar-refractivity contribution in [2.24, 2.45) is 11.8 Å². The van der Waals surface area contributed by atoms with Gasteiger partial charge in [-0.15, -0.1) is 0 Å². The smallest absolute Gasteiger partial charge is 0.0991 e. The summed E-state index contributed by atoms with van der Waals surface area (Å²) in [5, 5.41) is 9.37. The fourth-order valence-corrected chi connectivity index (χ4v) is 5.40. The van der Waals surface area contributed by atoms with Gasteiger partial charge in [0.25, 0.3) is 0 Å². The number of anilines is 2. The number of hydrogen-bond acceptors (Lipinski definition) is 2. The van der Waals surface area contributed by atoms with E-state index in [1.54, 1.807) is 0 Å². The van der Waals surface area contributed by atoms with Crippen LogP contribution in [0.5, 0.6) is 0 Å². The second-order valence-electron chi connectivity index (χ2n) is 8.75. The highest BCUT2D eigenvalue weighted by molar-refractivity contribution is 5.77. The van der Waals surface area contributed by atoms with Gasteiger partial charge in [-0.1, -0.05) is 50.3 Å². The third kappa shape index (κ3) is 2.18. The van der Waals surface area contributed by atoms with E-state index in [9.17, 15) is 5.26 Å². The predicted octanol–water partition coefficient (Wildman–Crippen LogP) is 5.72. The average Bonchev–Trinajstić information content (AvgIpc) is 3.43. The zero-order valence-electron chi connectivity index (χ0n) is 16.3. The maximum atomic E-state index is 9.37. The van der Waals surface area contributed by atoms with Crippen LogP contribution in [0, 0.1) is 37.0 Å². The van der Waals surface area contributed by atoms with Gasteiger partial charge in [0, 0.05) is 28.6 Å². The number of nitrogens with zero attached hydrogens (tertiary/aromatic N) is 2. The first-order valence-corrected chi connectivity index (χ1v) is 9.73. The summed E-state index contributed by atoms with van der Waals surface area (Å²) in [6.07, 6.45) is 7.17. The zero-order valence-corrected chi connectivity index (χ0v) is 16.3. The largest absolute Gasteiger partial charge is 0.336 e. The Morgan fingerprint density at radius 3 is 2.48 bits per heavy atom. The molecule has 27 heavy (non-hydrogen) atoms. The van der Waals surface area contributed by atoms with Crippen LogP contribution < -0.4 is 4.90 Å². The molecule has 1 heterocycles. The van der Waals surface area contributed by atoms with Crippen molar-refractivity contribution in [1.29, 1.82) is 5.26 Å². The van der Waals surface area contributed by atoms with Crippen LogP contribution in [0.3, 0.4) is 0 Å². The number of para-hydroxylation sites is 1. The fourth-order valence-electron chi connectivity index (χ4n) is 5.40. The minimum Gasteiger partial charge on any atom is -0.336 e. The lowest BCUT2D eigenvalue weighted by molar-refractivity contribution is 0.286. The number of allylic oxidation sites excluding steroid dienone is 1. The molecule has 2 nitrogen and oxygen atoms in total. The summed E-state index contributed by atoms with van der Waals surface area (Å²) in [5.41, 5.74) is 8.64. The Morgan fingerprint density at radius 2 is 1.78 bits per heavy atom. The fraction of sp³-hybridized carbons (Fsp3) is 0.320. The summed E-state index contributed by atoms with van der Waals surface area (Å²) in [6.45, 7) is 9.05. The van der Waals surface area contributed by atoms with Crippen molar-refractivity contribution < 1.29 is 0 Å². The molecule has 0 bridgehead atoms. The van der Waals surface area contributed by atoms with Gasteiger partial charge in [0.2, 0.25) is 0 Å². The van der Waals surface area contributed by atoms with Crippen molar-refractivity contribution in [1.82, 2.24) is 0 Å². The van der Waals surface area contributed by atoms with Crippen molar-refractivity contribution in [2.75, 3.05) is 4.90 Å². The summed E-state index contributed by atoms with van der Waals surface area (Å²) < 4.78 is 0. The van der Waals surface area contributed by atoms with E-state index in [0.29, 0.717) is 17.9 Å². The Hall–Kier alpha value is -2.79. The predicted molar refractivity (Wildman–Crippen MR) is 110 cm³/mol. The maximum Gasteiger partial charge on any atom is 0.0991 e. The summed E-state index contributed by atoms with van der Waals surface area (Å²) in [6, 6.07) is 15.6. The van der Waals surface area contributed by atoms with Crippen LogP contribution in [0.4, 0.5) is 11.4 Å². The SMILES string of the molecule is Cc1cc(C#N)cc(C)c1N1c2ccccc2C(C)(C)C2C=CC3=C[C@H]3C21. The normalized spacial score (nSPS) is 26.4. The Bertz CT molecular complexity index is 1040. The number of aryl methyl sites for hydroxylation is 2. The third-order valence-electron chi connectivity index (χ3n) is 6.73. The van der Waals surface area contributed by atoms with Crippen molar-refractivity contribution in [3.05, 3.63) is 82.5 Å². The Morgan fingerprint density at radius 1 is 1.07 bits per heavy atom. The molecule has 2 aromatic rings. The number of rotatable bonds is 1. The van der Waals surface area contributed by atoms with Gasteiger partial charge in [0.1, 0.15) is 0 Å². The molecule has 0 saturated heterocycles. The molecule has 134 valence electrons. The van der Waals surface area contributed by atoms with E-state index in [-0.39, 0.29) is 5.41 Å². The monoisotopic (exact) mass is 352 g/mol. The third-order valence-corrected chi connectivity index (χ3v) is 6.73. The molecule has 1 aliphatic heterocycles. The van der Waals surface area contributed by atoms with Gasteiger partial charge >= 0.3 is 0 Å². The van der Waals surface area contributed by atoms with Crippen LogP contribution in [0.15, 0.2) is 60.2 Å².